The molecule has 4 atom stereocenters. The Kier molecular flexibility index (Phi) is 6.70. The molecule has 4 amide bonds. The van der Waals surface area contributed by atoms with Crippen LogP contribution in [0.3, 0.4) is 0 Å². The number of urea groups is 2. The van der Waals surface area contributed by atoms with Gasteiger partial charge in [-0.1, -0.05) is 33.8 Å². The second kappa shape index (κ2) is 9.06. The third kappa shape index (κ3) is 5.64. The van der Waals surface area contributed by atoms with E-state index in [4.69, 9.17) is 0 Å². The Labute approximate surface area is 175 Å². The number of carbonyl (C=O) groups is 2. The van der Waals surface area contributed by atoms with Gasteiger partial charge in [0.2, 0.25) is 0 Å². The van der Waals surface area contributed by atoms with Gasteiger partial charge >= 0.3 is 12.1 Å². The van der Waals surface area contributed by atoms with Crippen LogP contribution in [0.4, 0.5) is 21.0 Å². The van der Waals surface area contributed by atoms with Crippen LogP contribution >= 0.6 is 0 Å². The summed E-state index contributed by atoms with van der Waals surface area (Å²) >= 11 is 0. The van der Waals surface area contributed by atoms with Gasteiger partial charge in [-0.2, -0.15) is 0 Å². The topological polar surface area (TPSA) is 64.7 Å². The maximum atomic E-state index is 12.8. The van der Waals surface area contributed by atoms with Crippen molar-refractivity contribution >= 4 is 23.4 Å². The van der Waals surface area contributed by atoms with Crippen LogP contribution in [-0.2, 0) is 0 Å². The summed E-state index contributed by atoms with van der Waals surface area (Å²) in [7, 11) is 0. The van der Waals surface area contributed by atoms with Crippen molar-refractivity contribution in [3.8, 4) is 0 Å². The Morgan fingerprint density at radius 3 is 1.72 bits per heavy atom. The minimum atomic E-state index is -0.0665. The molecule has 1 aromatic rings. The number of piperidine rings is 2. The summed E-state index contributed by atoms with van der Waals surface area (Å²) in [5.41, 5.74) is 2.44. The van der Waals surface area contributed by atoms with E-state index in [1.807, 2.05) is 34.9 Å². The number of nitrogens with zero attached hydrogens (tertiary/aromatic N) is 2. The summed E-state index contributed by atoms with van der Waals surface area (Å²) in [6.45, 7) is 13.9. The van der Waals surface area contributed by atoms with E-state index in [0.717, 1.165) is 50.3 Å². The van der Waals surface area contributed by atoms with Crippen molar-refractivity contribution in [2.75, 3.05) is 36.8 Å². The summed E-state index contributed by atoms with van der Waals surface area (Å²) in [4.78, 5) is 29.3. The minimum absolute atomic E-state index is 0.0614. The number of hydrogen-bond donors (Lipinski definition) is 2. The van der Waals surface area contributed by atoms with Crippen LogP contribution in [0, 0.1) is 30.6 Å². The molecule has 2 heterocycles. The van der Waals surface area contributed by atoms with E-state index < -0.39 is 0 Å². The number of rotatable bonds is 2. The molecule has 0 aromatic heterocycles. The van der Waals surface area contributed by atoms with Crippen molar-refractivity contribution in [1.82, 2.24) is 9.80 Å². The van der Waals surface area contributed by atoms with Gasteiger partial charge in [0.05, 0.1) is 0 Å². The minimum Gasteiger partial charge on any atom is -0.324 e. The highest BCUT2D eigenvalue weighted by atomic mass is 16.2. The second-order valence-electron chi connectivity index (χ2n) is 9.59. The largest absolute Gasteiger partial charge is 0.324 e. The summed E-state index contributed by atoms with van der Waals surface area (Å²) in [6.07, 6.45) is 2.33. The molecule has 0 bridgehead atoms. The summed E-state index contributed by atoms with van der Waals surface area (Å²) in [6, 6.07) is 5.56. The van der Waals surface area contributed by atoms with Crippen molar-refractivity contribution < 1.29 is 9.59 Å². The molecular formula is C23H36N4O2. The first kappa shape index (κ1) is 21.5. The van der Waals surface area contributed by atoms with Crippen LogP contribution in [0.25, 0.3) is 0 Å². The van der Waals surface area contributed by atoms with E-state index in [9.17, 15) is 9.59 Å². The lowest BCUT2D eigenvalue weighted by Gasteiger charge is -2.35. The lowest BCUT2D eigenvalue weighted by Crippen LogP contribution is -2.45. The molecule has 6 nitrogen and oxygen atoms in total. The first-order valence-electron chi connectivity index (χ1n) is 10.9. The molecule has 2 fully saturated rings. The summed E-state index contributed by atoms with van der Waals surface area (Å²) in [5, 5.41) is 6.06. The fourth-order valence-electron chi connectivity index (χ4n) is 4.89. The third-order valence-corrected chi connectivity index (χ3v) is 6.04. The Morgan fingerprint density at radius 1 is 0.793 bits per heavy atom. The summed E-state index contributed by atoms with van der Waals surface area (Å²) < 4.78 is 0. The van der Waals surface area contributed by atoms with Gasteiger partial charge in [-0.05, 0) is 61.1 Å². The lowest BCUT2D eigenvalue weighted by molar-refractivity contribution is 0.156. The smallest absolute Gasteiger partial charge is 0.321 e. The molecule has 0 unspecified atom stereocenters. The molecule has 160 valence electrons. The van der Waals surface area contributed by atoms with Crippen LogP contribution in [0.5, 0.6) is 0 Å². The molecular weight excluding hydrogens is 364 g/mol. The number of aryl methyl sites for hydroxylation is 1. The predicted molar refractivity (Wildman–Crippen MR) is 118 cm³/mol. The number of benzene rings is 1. The van der Waals surface area contributed by atoms with E-state index >= 15 is 0 Å². The Balaban J connectivity index is 1.65. The molecule has 2 N–H and O–H groups in total. The second-order valence-corrected chi connectivity index (χ2v) is 9.59. The highest BCUT2D eigenvalue weighted by Gasteiger charge is 2.27. The molecule has 0 saturated carbocycles. The Morgan fingerprint density at radius 2 is 1.24 bits per heavy atom. The van der Waals surface area contributed by atoms with Gasteiger partial charge in [-0.25, -0.2) is 9.59 Å². The van der Waals surface area contributed by atoms with Gasteiger partial charge in [0, 0.05) is 37.6 Å². The standard InChI is InChI=1S/C23H36N4O2/c1-15-8-16(2)12-26(11-15)22(28)24-20-7-6-19(5)21(10-20)25-23(29)27-13-17(3)9-18(4)14-27/h6-7,10,15-18H,8-9,11-14H2,1-5H3,(H,24,28)(H,25,29)/t15-,16+,17-,18+. The van der Waals surface area contributed by atoms with Gasteiger partial charge in [0.25, 0.3) is 0 Å². The fraction of sp³-hybridized carbons (Fsp3) is 0.652. The maximum absolute atomic E-state index is 12.8. The number of hydrogen-bond acceptors (Lipinski definition) is 2. The van der Waals surface area contributed by atoms with Gasteiger partial charge in [0.15, 0.2) is 0 Å². The van der Waals surface area contributed by atoms with Crippen molar-refractivity contribution in [3.63, 3.8) is 0 Å². The molecule has 6 heteroatoms. The molecule has 0 radical (unpaired) electrons. The normalized spacial score (nSPS) is 27.5. The maximum Gasteiger partial charge on any atom is 0.321 e. The quantitative estimate of drug-likeness (QED) is 0.732. The molecule has 1 aromatic carbocycles. The molecule has 2 saturated heterocycles. The van der Waals surface area contributed by atoms with E-state index in [2.05, 4.69) is 38.3 Å². The van der Waals surface area contributed by atoms with Gasteiger partial charge in [-0.3, -0.25) is 0 Å². The molecule has 29 heavy (non-hydrogen) atoms. The summed E-state index contributed by atoms with van der Waals surface area (Å²) in [5.74, 6) is 2.08. The Bertz CT molecular complexity index is 730. The van der Waals surface area contributed by atoms with Crippen molar-refractivity contribution in [3.05, 3.63) is 23.8 Å². The van der Waals surface area contributed by atoms with Crippen molar-refractivity contribution in [1.29, 1.82) is 0 Å². The first-order valence-corrected chi connectivity index (χ1v) is 10.9. The zero-order chi connectivity index (χ0) is 21.1. The fourth-order valence-corrected chi connectivity index (χ4v) is 4.89. The van der Waals surface area contributed by atoms with Gasteiger partial charge < -0.3 is 20.4 Å². The monoisotopic (exact) mass is 400 g/mol. The molecule has 0 aliphatic carbocycles. The van der Waals surface area contributed by atoms with E-state index in [1.165, 1.54) is 0 Å². The van der Waals surface area contributed by atoms with Crippen LogP contribution < -0.4 is 10.6 Å². The van der Waals surface area contributed by atoms with Crippen molar-refractivity contribution in [2.24, 2.45) is 23.7 Å². The van der Waals surface area contributed by atoms with Crippen molar-refractivity contribution in [2.45, 2.75) is 47.5 Å². The molecule has 2 aliphatic heterocycles. The van der Waals surface area contributed by atoms with E-state index in [-0.39, 0.29) is 12.1 Å². The van der Waals surface area contributed by atoms with Gasteiger partial charge in [-0.15, -0.1) is 0 Å². The number of likely N-dealkylation sites (tertiary alicyclic amines) is 2. The van der Waals surface area contributed by atoms with E-state index in [0.29, 0.717) is 29.4 Å². The van der Waals surface area contributed by atoms with Crippen LogP contribution in [0.2, 0.25) is 0 Å². The predicted octanol–water partition coefficient (Wildman–Crippen LogP) is 5.01. The SMILES string of the molecule is Cc1ccc(NC(=O)N2C[C@H](C)C[C@H](C)C2)cc1NC(=O)N1C[C@H](C)C[C@H](C)C1. The zero-order valence-corrected chi connectivity index (χ0v) is 18.5. The highest BCUT2D eigenvalue weighted by molar-refractivity contribution is 5.93. The molecule has 2 aliphatic rings. The number of nitrogens with one attached hydrogen (secondary N) is 2. The zero-order valence-electron chi connectivity index (χ0n) is 18.5. The van der Waals surface area contributed by atoms with E-state index in [1.54, 1.807) is 0 Å². The number of anilines is 2. The number of amides is 4. The third-order valence-electron chi connectivity index (χ3n) is 6.04. The molecule has 0 spiro atoms. The van der Waals surface area contributed by atoms with Crippen LogP contribution in [0.15, 0.2) is 18.2 Å². The highest BCUT2D eigenvalue weighted by Crippen LogP contribution is 2.25. The molecule has 3 rings (SSSR count). The average molecular weight is 401 g/mol. The lowest BCUT2D eigenvalue weighted by atomic mass is 9.92. The number of carbonyl (C=O) groups excluding carboxylic acids is 2. The van der Waals surface area contributed by atoms with Crippen LogP contribution in [-0.4, -0.2) is 48.0 Å². The Hall–Kier alpha value is -2.24. The van der Waals surface area contributed by atoms with Gasteiger partial charge in [0.1, 0.15) is 0 Å². The first-order chi connectivity index (χ1) is 13.7. The average Bonchev–Trinajstić information content (AvgIpc) is 2.62. The van der Waals surface area contributed by atoms with Crippen LogP contribution in [0.1, 0.15) is 46.1 Å².